The second-order valence-corrected chi connectivity index (χ2v) is 12.3. The average Bonchev–Trinajstić information content (AvgIpc) is 3.51. The number of hydrogen-bond donors (Lipinski definition) is 3. The fourth-order valence-corrected chi connectivity index (χ4v) is 5.73. The number of benzene rings is 4. The molecule has 7 nitrogen and oxygen atoms in total. The quantitative estimate of drug-likeness (QED) is 0.107. The zero-order chi connectivity index (χ0) is 31.8. The van der Waals surface area contributed by atoms with Gasteiger partial charge in [0.2, 0.25) is 5.91 Å². The number of nitrogens with one attached hydrogen (secondary N) is 3. The molecule has 1 heterocycles. The largest absolute Gasteiger partial charge is 0.321 e. The first-order valence-corrected chi connectivity index (χ1v) is 15.7. The third-order valence-electron chi connectivity index (χ3n) is 6.59. The lowest BCUT2D eigenvalue weighted by atomic mass is 10.1. The second-order valence-electron chi connectivity index (χ2n) is 10.1. The Morgan fingerprint density at radius 2 is 1.56 bits per heavy atom. The van der Waals surface area contributed by atoms with Crippen molar-refractivity contribution in [2.45, 2.75) is 24.0 Å². The summed E-state index contributed by atoms with van der Waals surface area (Å²) in [6.45, 7) is 3.84. The molecular formula is C35H29FN4O3S2. The topological polar surface area (TPSA) is 100 Å². The van der Waals surface area contributed by atoms with E-state index in [1.54, 1.807) is 54.6 Å². The van der Waals surface area contributed by atoms with E-state index in [2.05, 4.69) is 20.9 Å². The smallest absolute Gasteiger partial charge is 0.272 e. The molecule has 5 aromatic rings. The van der Waals surface area contributed by atoms with E-state index in [1.807, 2.05) is 43.5 Å². The van der Waals surface area contributed by atoms with Gasteiger partial charge in [0, 0.05) is 27.1 Å². The lowest BCUT2D eigenvalue weighted by molar-refractivity contribution is -0.115. The standard InChI is InChI=1S/C35H29FN4O3S2/c1-22-8-12-25(13-9-22)31-21-44-35(39-31)40-32(41)23(2)45-29-18-16-28(17-19-29)37-34(43)30(20-24-10-14-27(36)15-11-24)38-33(42)26-6-4-3-5-7-26/h3-21,23H,1-2H3,(H,37,43)(H,38,42)(H,39,40,41)/b30-20-. The number of thiazole rings is 1. The molecule has 1 aromatic heterocycles. The van der Waals surface area contributed by atoms with E-state index < -0.39 is 22.9 Å². The van der Waals surface area contributed by atoms with Crippen LogP contribution in [0.5, 0.6) is 0 Å². The maximum Gasteiger partial charge on any atom is 0.272 e. The van der Waals surface area contributed by atoms with E-state index in [0.29, 0.717) is 21.9 Å². The molecule has 1 atom stereocenters. The summed E-state index contributed by atoms with van der Waals surface area (Å²) in [5.74, 6) is -1.59. The van der Waals surface area contributed by atoms with Gasteiger partial charge in [-0.3, -0.25) is 14.4 Å². The average molecular weight is 637 g/mol. The van der Waals surface area contributed by atoms with Gasteiger partial charge in [-0.2, -0.15) is 0 Å². The number of halogens is 1. The van der Waals surface area contributed by atoms with Gasteiger partial charge in [-0.25, -0.2) is 9.37 Å². The summed E-state index contributed by atoms with van der Waals surface area (Å²) in [5.41, 5.74) is 4.37. The summed E-state index contributed by atoms with van der Waals surface area (Å²) in [4.78, 5) is 44.3. The van der Waals surface area contributed by atoms with Gasteiger partial charge >= 0.3 is 0 Å². The zero-order valence-corrected chi connectivity index (χ0v) is 26.0. The summed E-state index contributed by atoms with van der Waals surface area (Å²) >= 11 is 2.75. The highest BCUT2D eigenvalue weighted by atomic mass is 32.2. The third-order valence-corrected chi connectivity index (χ3v) is 8.46. The Morgan fingerprint density at radius 3 is 2.24 bits per heavy atom. The van der Waals surface area contributed by atoms with Gasteiger partial charge < -0.3 is 16.0 Å². The molecule has 1 unspecified atom stereocenters. The molecule has 0 fully saturated rings. The number of rotatable bonds is 10. The minimum absolute atomic E-state index is 0.00747. The number of thioether (sulfide) groups is 1. The molecule has 4 aromatic carbocycles. The monoisotopic (exact) mass is 636 g/mol. The number of hydrogen-bond acceptors (Lipinski definition) is 6. The molecule has 0 radical (unpaired) electrons. The van der Waals surface area contributed by atoms with Crippen molar-refractivity contribution in [3.8, 4) is 11.3 Å². The molecule has 3 amide bonds. The zero-order valence-electron chi connectivity index (χ0n) is 24.4. The Morgan fingerprint density at radius 1 is 0.867 bits per heavy atom. The predicted octanol–water partition coefficient (Wildman–Crippen LogP) is 7.79. The van der Waals surface area contributed by atoms with Crippen molar-refractivity contribution in [3.63, 3.8) is 0 Å². The summed E-state index contributed by atoms with van der Waals surface area (Å²) in [6.07, 6.45) is 1.48. The van der Waals surface area contributed by atoms with Crippen molar-refractivity contribution < 1.29 is 18.8 Å². The van der Waals surface area contributed by atoms with Crippen LogP contribution >= 0.6 is 23.1 Å². The minimum atomic E-state index is -0.551. The molecule has 0 aliphatic carbocycles. The highest BCUT2D eigenvalue weighted by Crippen LogP contribution is 2.28. The van der Waals surface area contributed by atoms with Gasteiger partial charge in [-0.05, 0) is 74.0 Å². The van der Waals surface area contributed by atoms with Crippen LogP contribution in [-0.2, 0) is 9.59 Å². The normalized spacial score (nSPS) is 11.8. The molecular weight excluding hydrogens is 608 g/mol. The number of nitrogens with zero attached hydrogens (tertiary/aromatic N) is 1. The summed E-state index contributed by atoms with van der Waals surface area (Å²) in [7, 11) is 0. The molecule has 226 valence electrons. The molecule has 0 aliphatic rings. The Labute approximate surface area is 268 Å². The Kier molecular flexibility index (Phi) is 10.2. The summed E-state index contributed by atoms with van der Waals surface area (Å²) < 4.78 is 13.4. The SMILES string of the molecule is Cc1ccc(-c2csc(NC(=O)C(C)Sc3ccc(NC(=O)/C(=C/c4ccc(F)cc4)NC(=O)c4ccccc4)cc3)n2)cc1. The maximum absolute atomic E-state index is 13.4. The van der Waals surface area contributed by atoms with Crippen LogP contribution in [-0.4, -0.2) is 28.0 Å². The maximum atomic E-state index is 13.4. The Bertz CT molecular complexity index is 1820. The fraction of sp³-hybridized carbons (Fsp3) is 0.0857. The van der Waals surface area contributed by atoms with Crippen LogP contribution in [0.1, 0.15) is 28.4 Å². The third kappa shape index (κ3) is 8.75. The molecule has 10 heteroatoms. The van der Waals surface area contributed by atoms with Gasteiger partial charge in [0.1, 0.15) is 11.5 Å². The highest BCUT2D eigenvalue weighted by Gasteiger charge is 2.18. The summed E-state index contributed by atoms with van der Waals surface area (Å²) in [5, 5.41) is 10.4. The van der Waals surface area contributed by atoms with Crippen LogP contribution in [0.15, 0.2) is 119 Å². The first kappa shape index (κ1) is 31.4. The number of carbonyl (C=O) groups is 3. The summed E-state index contributed by atoms with van der Waals surface area (Å²) in [6, 6.07) is 29.2. The van der Waals surface area contributed by atoms with E-state index in [-0.39, 0.29) is 11.6 Å². The van der Waals surface area contributed by atoms with Crippen molar-refractivity contribution in [1.29, 1.82) is 0 Å². The lowest BCUT2D eigenvalue weighted by Crippen LogP contribution is -2.30. The number of anilines is 2. The van der Waals surface area contributed by atoms with Gasteiger partial charge in [0.25, 0.3) is 11.8 Å². The molecule has 0 saturated heterocycles. The molecule has 0 aliphatic heterocycles. The molecule has 5 rings (SSSR count). The van der Waals surface area contributed by atoms with E-state index in [4.69, 9.17) is 0 Å². The van der Waals surface area contributed by atoms with E-state index in [1.165, 1.54) is 59.0 Å². The Balaban J connectivity index is 1.20. The number of carbonyl (C=O) groups excluding carboxylic acids is 3. The Hall–Kier alpha value is -5.06. The first-order chi connectivity index (χ1) is 21.7. The number of amides is 3. The fourth-order valence-electron chi connectivity index (χ4n) is 4.14. The van der Waals surface area contributed by atoms with Crippen molar-refractivity contribution in [2.75, 3.05) is 10.6 Å². The second kappa shape index (κ2) is 14.6. The van der Waals surface area contributed by atoms with Gasteiger partial charge in [0.05, 0.1) is 10.9 Å². The molecule has 0 saturated carbocycles. The first-order valence-electron chi connectivity index (χ1n) is 14.0. The van der Waals surface area contributed by atoms with Gasteiger partial charge in [-0.15, -0.1) is 23.1 Å². The van der Waals surface area contributed by atoms with E-state index >= 15 is 0 Å². The van der Waals surface area contributed by atoms with Crippen molar-refractivity contribution >= 4 is 57.7 Å². The van der Waals surface area contributed by atoms with Crippen molar-refractivity contribution in [3.05, 3.63) is 137 Å². The number of aromatic nitrogens is 1. The van der Waals surface area contributed by atoms with E-state index in [9.17, 15) is 18.8 Å². The minimum Gasteiger partial charge on any atom is -0.321 e. The van der Waals surface area contributed by atoms with Crippen LogP contribution < -0.4 is 16.0 Å². The number of aryl methyl sites for hydroxylation is 1. The molecule has 45 heavy (non-hydrogen) atoms. The molecule has 3 N–H and O–H groups in total. The molecule has 0 spiro atoms. The van der Waals surface area contributed by atoms with Gasteiger partial charge in [-0.1, -0.05) is 60.2 Å². The van der Waals surface area contributed by atoms with Gasteiger partial charge in [0.15, 0.2) is 5.13 Å². The lowest BCUT2D eigenvalue weighted by Gasteiger charge is -2.13. The van der Waals surface area contributed by atoms with Crippen LogP contribution in [0.25, 0.3) is 17.3 Å². The van der Waals surface area contributed by atoms with Crippen LogP contribution in [0.2, 0.25) is 0 Å². The van der Waals surface area contributed by atoms with Crippen LogP contribution in [0.3, 0.4) is 0 Å². The van der Waals surface area contributed by atoms with E-state index in [0.717, 1.165) is 16.2 Å². The highest BCUT2D eigenvalue weighted by molar-refractivity contribution is 8.00. The van der Waals surface area contributed by atoms with Crippen molar-refractivity contribution in [2.24, 2.45) is 0 Å². The van der Waals surface area contributed by atoms with Crippen molar-refractivity contribution in [1.82, 2.24) is 10.3 Å². The van der Waals surface area contributed by atoms with Crippen LogP contribution in [0, 0.1) is 12.7 Å². The predicted molar refractivity (Wildman–Crippen MR) is 180 cm³/mol. The molecule has 0 bridgehead atoms. The van der Waals surface area contributed by atoms with Crippen LogP contribution in [0.4, 0.5) is 15.2 Å².